The van der Waals surface area contributed by atoms with E-state index in [4.69, 9.17) is 4.74 Å². The van der Waals surface area contributed by atoms with Crippen molar-refractivity contribution in [2.45, 2.75) is 89.6 Å². The number of phenols is 1. The molecule has 0 amide bonds. The molecule has 0 aromatic heterocycles. The fourth-order valence-corrected chi connectivity index (χ4v) is 8.07. The normalized spacial score (nSPS) is 31.6. The zero-order valence-electron chi connectivity index (χ0n) is 21.7. The molecule has 6 rings (SSSR count). The number of ether oxygens (including phenoxy) is 1. The van der Waals surface area contributed by atoms with Crippen molar-refractivity contribution in [1.82, 2.24) is 0 Å². The van der Waals surface area contributed by atoms with Gasteiger partial charge in [0.1, 0.15) is 11.4 Å². The van der Waals surface area contributed by atoms with E-state index in [0.29, 0.717) is 23.5 Å². The Hall–Kier alpha value is -2.29. The molecule has 4 aliphatic rings. The van der Waals surface area contributed by atoms with Crippen LogP contribution >= 0.6 is 0 Å². The van der Waals surface area contributed by atoms with E-state index in [0.717, 1.165) is 31.1 Å². The minimum Gasteiger partial charge on any atom is -0.508 e. The van der Waals surface area contributed by atoms with Crippen LogP contribution in [0.1, 0.15) is 95.1 Å². The third-order valence-corrected chi connectivity index (χ3v) is 9.77. The second-order valence-corrected chi connectivity index (χ2v) is 12.0. The second-order valence-electron chi connectivity index (χ2n) is 12.0. The molecule has 35 heavy (non-hydrogen) atoms. The Bertz CT molecular complexity index is 967. The van der Waals surface area contributed by atoms with E-state index >= 15 is 0 Å². The van der Waals surface area contributed by atoms with Crippen molar-refractivity contribution >= 4 is 5.97 Å². The number of rotatable bonds is 9. The van der Waals surface area contributed by atoms with Crippen LogP contribution in [0.4, 0.5) is 0 Å². The van der Waals surface area contributed by atoms with Gasteiger partial charge in [-0.25, -0.2) is 0 Å². The lowest BCUT2D eigenvalue weighted by molar-refractivity contribution is -0.214. The topological polar surface area (TPSA) is 46.5 Å². The van der Waals surface area contributed by atoms with Gasteiger partial charge in [-0.05, 0) is 110 Å². The second kappa shape index (κ2) is 9.99. The highest BCUT2D eigenvalue weighted by molar-refractivity contribution is 5.72. The van der Waals surface area contributed by atoms with E-state index in [1.54, 1.807) is 12.1 Å². The first-order chi connectivity index (χ1) is 16.9. The zero-order chi connectivity index (χ0) is 24.6. The van der Waals surface area contributed by atoms with Gasteiger partial charge < -0.3 is 9.84 Å². The van der Waals surface area contributed by atoms with Crippen LogP contribution in [-0.2, 0) is 9.53 Å². The number of carbonyl (C=O) groups excluding carboxylic acids is 1. The fourth-order valence-electron chi connectivity index (χ4n) is 8.07. The summed E-state index contributed by atoms with van der Waals surface area (Å²) in [5.41, 5.74) is 2.29. The van der Waals surface area contributed by atoms with Crippen LogP contribution in [0.25, 0.3) is 0 Å². The molecule has 4 bridgehead atoms. The van der Waals surface area contributed by atoms with Crippen molar-refractivity contribution < 1.29 is 14.6 Å². The highest BCUT2D eigenvalue weighted by atomic mass is 16.6. The van der Waals surface area contributed by atoms with Crippen molar-refractivity contribution in [3.05, 3.63) is 65.7 Å². The van der Waals surface area contributed by atoms with Crippen LogP contribution in [0.5, 0.6) is 5.75 Å². The van der Waals surface area contributed by atoms with Gasteiger partial charge in [-0.1, -0.05) is 63.2 Å². The summed E-state index contributed by atoms with van der Waals surface area (Å²) in [5.74, 6) is 3.67. The molecule has 1 N–H and O–H groups in total. The van der Waals surface area contributed by atoms with Gasteiger partial charge >= 0.3 is 5.97 Å². The number of hydrogen-bond donors (Lipinski definition) is 1. The van der Waals surface area contributed by atoms with Gasteiger partial charge in [-0.3, -0.25) is 4.79 Å². The van der Waals surface area contributed by atoms with Crippen LogP contribution in [0.2, 0.25) is 0 Å². The monoisotopic (exact) mass is 474 g/mol. The Morgan fingerprint density at radius 2 is 1.49 bits per heavy atom. The van der Waals surface area contributed by atoms with Crippen molar-refractivity contribution in [3.63, 3.8) is 0 Å². The molecule has 4 fully saturated rings. The minimum atomic E-state index is -0.222. The van der Waals surface area contributed by atoms with Gasteiger partial charge in [-0.15, -0.1) is 0 Å². The lowest BCUT2D eigenvalue weighted by Crippen LogP contribution is -2.59. The molecule has 2 aromatic carbocycles. The molecule has 0 heterocycles. The summed E-state index contributed by atoms with van der Waals surface area (Å²) in [6.07, 6.45) is 9.18. The number of phenolic OH excluding ortho intramolecular Hbond substituents is 1. The van der Waals surface area contributed by atoms with Gasteiger partial charge in [0.15, 0.2) is 0 Å². The van der Waals surface area contributed by atoms with Gasteiger partial charge in [-0.2, -0.15) is 0 Å². The Morgan fingerprint density at radius 1 is 0.886 bits per heavy atom. The number of esters is 1. The Labute approximate surface area is 211 Å². The van der Waals surface area contributed by atoms with Crippen LogP contribution in [0, 0.1) is 29.6 Å². The largest absolute Gasteiger partial charge is 0.508 e. The molecule has 0 spiro atoms. The standard InChI is InChI=1S/C32H42O3/c1-4-32(28-17-23-16-24(19-28)20-29(32)18-23)35-31(34)22(3)15-27(26-8-6-5-7-9-26)14-21(2)25-10-12-30(33)13-11-25/h5-13,21-24,27-29,33H,4,14-20H2,1-3H3. The number of aromatic hydroxyl groups is 1. The van der Waals surface area contributed by atoms with Gasteiger partial charge in [0, 0.05) is 0 Å². The Balaban J connectivity index is 1.30. The van der Waals surface area contributed by atoms with Gasteiger partial charge in [0.2, 0.25) is 0 Å². The lowest BCUT2D eigenvalue weighted by Gasteiger charge is -2.60. The highest BCUT2D eigenvalue weighted by Gasteiger charge is 2.58. The van der Waals surface area contributed by atoms with E-state index < -0.39 is 0 Å². The molecule has 4 aliphatic carbocycles. The molecule has 2 aromatic rings. The molecule has 3 atom stereocenters. The van der Waals surface area contributed by atoms with Crippen LogP contribution in [0.3, 0.4) is 0 Å². The highest BCUT2D eigenvalue weighted by Crippen LogP contribution is 2.60. The predicted molar refractivity (Wildman–Crippen MR) is 140 cm³/mol. The van der Waals surface area contributed by atoms with Crippen molar-refractivity contribution in [2.24, 2.45) is 29.6 Å². The molecule has 0 aliphatic heterocycles. The SMILES string of the molecule is CCC1(OC(=O)C(C)CC(CC(C)c2ccc(O)cc2)c2ccccc2)C2CC3CC(C2)CC1C3. The predicted octanol–water partition coefficient (Wildman–Crippen LogP) is 7.84. The fraction of sp³-hybridized carbons (Fsp3) is 0.594. The smallest absolute Gasteiger partial charge is 0.309 e. The van der Waals surface area contributed by atoms with E-state index in [1.165, 1.54) is 43.2 Å². The number of carbonyl (C=O) groups is 1. The molecule has 0 saturated heterocycles. The van der Waals surface area contributed by atoms with Crippen molar-refractivity contribution in [1.29, 1.82) is 0 Å². The van der Waals surface area contributed by atoms with Crippen LogP contribution < -0.4 is 0 Å². The maximum Gasteiger partial charge on any atom is 0.309 e. The summed E-state index contributed by atoms with van der Waals surface area (Å²) in [5, 5.41) is 9.68. The first-order valence-electron chi connectivity index (χ1n) is 13.9. The minimum absolute atomic E-state index is 0.0116. The molecule has 0 radical (unpaired) electrons. The Morgan fingerprint density at radius 3 is 2.06 bits per heavy atom. The average Bonchev–Trinajstić information content (AvgIpc) is 2.86. The summed E-state index contributed by atoms with van der Waals surface area (Å²) in [6.45, 7) is 6.56. The van der Waals surface area contributed by atoms with Crippen LogP contribution in [0.15, 0.2) is 54.6 Å². The summed E-state index contributed by atoms with van der Waals surface area (Å²) in [7, 11) is 0. The van der Waals surface area contributed by atoms with Crippen LogP contribution in [-0.4, -0.2) is 16.7 Å². The molecule has 188 valence electrons. The van der Waals surface area contributed by atoms with Gasteiger partial charge in [0.05, 0.1) is 5.92 Å². The van der Waals surface area contributed by atoms with E-state index in [9.17, 15) is 9.90 Å². The number of hydrogen-bond acceptors (Lipinski definition) is 3. The summed E-state index contributed by atoms with van der Waals surface area (Å²) in [4.78, 5) is 13.6. The molecule has 3 unspecified atom stereocenters. The average molecular weight is 475 g/mol. The van der Waals surface area contributed by atoms with E-state index in [-0.39, 0.29) is 23.4 Å². The maximum absolute atomic E-state index is 13.6. The third kappa shape index (κ3) is 4.88. The molecule has 3 nitrogen and oxygen atoms in total. The van der Waals surface area contributed by atoms with E-state index in [2.05, 4.69) is 51.1 Å². The quantitative estimate of drug-likeness (QED) is 0.377. The molecule has 3 heteroatoms. The van der Waals surface area contributed by atoms with Gasteiger partial charge in [0.25, 0.3) is 0 Å². The molecular weight excluding hydrogens is 432 g/mol. The molecular formula is C32H42O3. The van der Waals surface area contributed by atoms with Crippen molar-refractivity contribution in [2.75, 3.05) is 0 Å². The summed E-state index contributed by atoms with van der Waals surface area (Å²) < 4.78 is 6.60. The van der Waals surface area contributed by atoms with E-state index in [1.807, 2.05) is 12.1 Å². The Kier molecular flexibility index (Phi) is 6.97. The first kappa shape index (κ1) is 24.4. The molecule has 4 saturated carbocycles. The third-order valence-electron chi connectivity index (χ3n) is 9.77. The number of benzene rings is 2. The zero-order valence-corrected chi connectivity index (χ0v) is 21.7. The lowest BCUT2D eigenvalue weighted by atomic mass is 9.49. The summed E-state index contributed by atoms with van der Waals surface area (Å²) >= 11 is 0. The summed E-state index contributed by atoms with van der Waals surface area (Å²) in [6, 6.07) is 18.2. The maximum atomic E-state index is 13.6. The first-order valence-corrected chi connectivity index (χ1v) is 13.9. The van der Waals surface area contributed by atoms with Crippen molar-refractivity contribution in [3.8, 4) is 5.75 Å².